The van der Waals surface area contributed by atoms with Crippen molar-refractivity contribution in [1.29, 1.82) is 0 Å². The fraction of sp³-hybridized carbons (Fsp3) is 0.520. The van der Waals surface area contributed by atoms with Crippen molar-refractivity contribution >= 4 is 16.6 Å². The summed E-state index contributed by atoms with van der Waals surface area (Å²) in [5.41, 5.74) is 1.56. The van der Waals surface area contributed by atoms with Crippen LogP contribution in [0.3, 0.4) is 0 Å². The van der Waals surface area contributed by atoms with Crippen molar-refractivity contribution in [2.75, 3.05) is 39.8 Å². The molecule has 168 valence electrons. The van der Waals surface area contributed by atoms with Crippen LogP contribution in [0.5, 0.6) is 0 Å². The van der Waals surface area contributed by atoms with Crippen molar-refractivity contribution in [3.8, 4) is 11.5 Å². The summed E-state index contributed by atoms with van der Waals surface area (Å²) in [6, 6.07) is 3.98. The van der Waals surface area contributed by atoms with Gasteiger partial charge in [0.05, 0.1) is 6.20 Å². The lowest BCUT2D eigenvalue weighted by Crippen LogP contribution is -2.46. The summed E-state index contributed by atoms with van der Waals surface area (Å²) in [7, 11) is 2.20. The van der Waals surface area contributed by atoms with E-state index in [2.05, 4.69) is 31.8 Å². The van der Waals surface area contributed by atoms with Crippen LogP contribution in [0, 0.1) is 11.8 Å². The number of nitrogens with zero attached hydrogens (tertiary/aromatic N) is 5. The molecule has 1 saturated heterocycles. The predicted molar refractivity (Wildman–Crippen MR) is 123 cm³/mol. The number of aromatic nitrogens is 3. The molecule has 2 aliphatic rings. The third kappa shape index (κ3) is 4.89. The molecule has 0 bridgehead atoms. The Hall–Kier alpha value is -2.64. The van der Waals surface area contributed by atoms with Crippen molar-refractivity contribution in [3.63, 3.8) is 0 Å². The topological polar surface area (TPSA) is 75.4 Å². The lowest BCUT2D eigenvalue weighted by molar-refractivity contribution is -0.123. The van der Waals surface area contributed by atoms with Crippen molar-refractivity contribution in [2.45, 2.75) is 32.1 Å². The number of hydrogen-bond donors (Lipinski definition) is 0. The number of carbonyl (C=O) groups is 1. The van der Waals surface area contributed by atoms with Gasteiger partial charge < -0.3 is 14.2 Å². The zero-order chi connectivity index (χ0) is 21.9. The van der Waals surface area contributed by atoms with Gasteiger partial charge in [0, 0.05) is 68.5 Å². The van der Waals surface area contributed by atoms with E-state index in [0.717, 1.165) is 40.9 Å². The number of pyridine rings is 2. The molecule has 0 aromatic carbocycles. The summed E-state index contributed by atoms with van der Waals surface area (Å²) in [4.78, 5) is 30.9. The van der Waals surface area contributed by atoms with Gasteiger partial charge in [-0.3, -0.25) is 14.8 Å². The molecule has 3 aromatic rings. The molecule has 2 fully saturated rings. The summed E-state index contributed by atoms with van der Waals surface area (Å²) in [6.45, 7) is 5.89. The molecule has 3 aromatic heterocycles. The molecular formula is C25H31N5O2. The Morgan fingerprint density at radius 1 is 1.00 bits per heavy atom. The molecule has 7 heteroatoms. The fourth-order valence-corrected chi connectivity index (χ4v) is 5.04. The number of ketones is 1. The van der Waals surface area contributed by atoms with Crippen LogP contribution in [-0.2, 0) is 11.2 Å². The average Bonchev–Trinajstić information content (AvgIpc) is 3.36. The summed E-state index contributed by atoms with van der Waals surface area (Å²) in [5, 5.41) is 1.97. The van der Waals surface area contributed by atoms with E-state index in [1.165, 1.54) is 52.0 Å². The molecule has 0 N–H and O–H groups in total. The lowest BCUT2D eigenvalue weighted by Gasteiger charge is -2.36. The van der Waals surface area contributed by atoms with Crippen molar-refractivity contribution < 1.29 is 9.21 Å². The van der Waals surface area contributed by atoms with Gasteiger partial charge in [-0.15, -0.1) is 0 Å². The van der Waals surface area contributed by atoms with Gasteiger partial charge >= 0.3 is 0 Å². The molecule has 32 heavy (non-hydrogen) atoms. The van der Waals surface area contributed by atoms with Crippen LogP contribution in [0.2, 0.25) is 0 Å². The molecule has 0 radical (unpaired) electrons. The van der Waals surface area contributed by atoms with Crippen molar-refractivity contribution in [2.24, 2.45) is 11.8 Å². The summed E-state index contributed by atoms with van der Waals surface area (Å²) < 4.78 is 5.36. The minimum absolute atomic E-state index is 0.179. The van der Waals surface area contributed by atoms with Gasteiger partial charge in [-0.1, -0.05) is 0 Å². The predicted octanol–water partition coefficient (Wildman–Crippen LogP) is 3.45. The van der Waals surface area contributed by atoms with E-state index in [4.69, 9.17) is 4.42 Å². The van der Waals surface area contributed by atoms with E-state index in [-0.39, 0.29) is 5.92 Å². The third-order valence-electron chi connectivity index (χ3n) is 7.11. The first-order chi connectivity index (χ1) is 15.6. The summed E-state index contributed by atoms with van der Waals surface area (Å²) in [6.07, 6.45) is 11.4. The van der Waals surface area contributed by atoms with E-state index < -0.39 is 0 Å². The van der Waals surface area contributed by atoms with Crippen molar-refractivity contribution in [1.82, 2.24) is 24.8 Å². The normalized spacial score (nSPS) is 22.9. The molecule has 0 unspecified atom stereocenters. The molecule has 4 heterocycles. The van der Waals surface area contributed by atoms with Gasteiger partial charge in [-0.25, -0.2) is 4.98 Å². The minimum atomic E-state index is 0.179. The van der Waals surface area contributed by atoms with E-state index in [1.807, 2.05) is 18.3 Å². The second-order valence-corrected chi connectivity index (χ2v) is 9.42. The number of fused-ring (bicyclic) bond motifs is 1. The van der Waals surface area contributed by atoms with Crippen molar-refractivity contribution in [3.05, 3.63) is 42.8 Å². The molecule has 7 nitrogen and oxygen atoms in total. The van der Waals surface area contributed by atoms with E-state index in [9.17, 15) is 4.79 Å². The van der Waals surface area contributed by atoms with Crippen LogP contribution >= 0.6 is 0 Å². The Balaban J connectivity index is 1.17. The quantitative estimate of drug-likeness (QED) is 0.589. The zero-order valence-corrected chi connectivity index (χ0v) is 18.7. The largest absolute Gasteiger partial charge is 0.442 e. The Labute approximate surface area is 188 Å². The Morgan fingerprint density at radius 2 is 1.78 bits per heavy atom. The molecule has 1 aliphatic heterocycles. The number of Topliss-reactive ketones (excluding diaryl/α,β-unsaturated/α-hetero) is 1. The molecule has 1 saturated carbocycles. The van der Waals surface area contributed by atoms with Gasteiger partial charge in [0.2, 0.25) is 0 Å². The molecular weight excluding hydrogens is 402 g/mol. The minimum Gasteiger partial charge on any atom is -0.442 e. The van der Waals surface area contributed by atoms with E-state index in [0.29, 0.717) is 18.0 Å². The first kappa shape index (κ1) is 21.2. The van der Waals surface area contributed by atoms with Crippen LogP contribution in [0.25, 0.3) is 22.2 Å². The fourth-order valence-electron chi connectivity index (χ4n) is 5.04. The number of rotatable bonds is 6. The van der Waals surface area contributed by atoms with E-state index >= 15 is 0 Å². The van der Waals surface area contributed by atoms with Gasteiger partial charge in [-0.2, -0.15) is 0 Å². The number of oxazole rings is 1. The van der Waals surface area contributed by atoms with Crippen LogP contribution in [0.4, 0.5) is 0 Å². The molecule has 1 aliphatic carbocycles. The molecule has 0 amide bonds. The molecule has 0 spiro atoms. The SMILES string of the molecule is CN1CCN(CC2CCC(C(=O)Cc3cc4cc(-c5cnco5)ncc4cn3)CC2)CC1. The number of carbonyl (C=O) groups excluding carboxylic acids is 1. The highest BCUT2D eigenvalue weighted by atomic mass is 16.3. The first-order valence-corrected chi connectivity index (χ1v) is 11.7. The monoisotopic (exact) mass is 433 g/mol. The van der Waals surface area contributed by atoms with Gasteiger partial charge in [-0.05, 0) is 56.2 Å². The van der Waals surface area contributed by atoms with Gasteiger partial charge in [0.15, 0.2) is 12.2 Å². The van der Waals surface area contributed by atoms with Crippen LogP contribution in [0.1, 0.15) is 31.4 Å². The lowest BCUT2D eigenvalue weighted by atomic mass is 9.79. The second kappa shape index (κ2) is 9.46. The highest BCUT2D eigenvalue weighted by molar-refractivity contribution is 5.87. The Morgan fingerprint density at radius 3 is 2.53 bits per heavy atom. The summed E-state index contributed by atoms with van der Waals surface area (Å²) in [5.74, 6) is 1.88. The average molecular weight is 434 g/mol. The second-order valence-electron chi connectivity index (χ2n) is 9.42. The smallest absolute Gasteiger partial charge is 0.181 e. The maximum Gasteiger partial charge on any atom is 0.181 e. The molecule has 5 rings (SSSR count). The number of likely N-dealkylation sites (N-methyl/N-ethyl adjacent to an activating group) is 1. The summed E-state index contributed by atoms with van der Waals surface area (Å²) >= 11 is 0. The highest BCUT2D eigenvalue weighted by Gasteiger charge is 2.28. The number of hydrogen-bond acceptors (Lipinski definition) is 7. The molecule has 0 atom stereocenters. The van der Waals surface area contributed by atoms with Gasteiger partial charge in [0.1, 0.15) is 11.5 Å². The van der Waals surface area contributed by atoms with Crippen LogP contribution in [-0.4, -0.2) is 70.3 Å². The maximum atomic E-state index is 13.0. The van der Waals surface area contributed by atoms with E-state index in [1.54, 1.807) is 12.4 Å². The highest BCUT2D eigenvalue weighted by Crippen LogP contribution is 2.31. The zero-order valence-electron chi connectivity index (χ0n) is 18.7. The van der Waals surface area contributed by atoms with Crippen LogP contribution in [0.15, 0.2) is 41.5 Å². The Kier molecular flexibility index (Phi) is 6.28. The third-order valence-corrected chi connectivity index (χ3v) is 7.11. The standard InChI is InChI=1S/C25H31N5O2/c1-29-6-8-30(9-7-29)16-18-2-4-19(5-3-18)24(31)12-22-10-20-11-23(25-15-26-17-32-25)28-14-21(20)13-27-22/h10-11,13-15,17-19H,2-9,12,16H2,1H3. The first-order valence-electron chi connectivity index (χ1n) is 11.7. The van der Waals surface area contributed by atoms with Crippen LogP contribution < -0.4 is 0 Å². The Bertz CT molecular complexity index is 1050. The number of piperazine rings is 1. The maximum absolute atomic E-state index is 13.0. The van der Waals surface area contributed by atoms with Gasteiger partial charge in [0.25, 0.3) is 0 Å².